The number of nitrogens with zero attached hydrogens (tertiary/aromatic N) is 4. The number of nitrogens with two attached hydrogens (primary N) is 1. The summed E-state index contributed by atoms with van der Waals surface area (Å²) in [6.45, 7) is 6.22. The number of aliphatic imine (C=N–C) groups is 2. The number of rotatable bonds is 3. The maximum Gasteiger partial charge on any atom is 0.222 e. The molecule has 27 heavy (non-hydrogen) atoms. The minimum Gasteiger partial charge on any atom is -0.368 e. The molecule has 0 aliphatic carbocycles. The predicted octanol–water partition coefficient (Wildman–Crippen LogP) is 3.29. The van der Waals surface area contributed by atoms with Crippen LogP contribution in [-0.2, 0) is 0 Å². The fourth-order valence-electron chi connectivity index (χ4n) is 3.54. The van der Waals surface area contributed by atoms with Crippen LogP contribution in [0.3, 0.4) is 0 Å². The highest BCUT2D eigenvalue weighted by Crippen LogP contribution is 2.26. The molecule has 2 aliphatic heterocycles. The molecule has 0 aromatic heterocycles. The molecular formula is C21H26N6. The van der Waals surface area contributed by atoms with E-state index in [4.69, 9.17) is 5.73 Å². The molecule has 2 aromatic carbocycles. The van der Waals surface area contributed by atoms with Crippen LogP contribution in [0.1, 0.15) is 24.0 Å². The number of benzene rings is 2. The highest BCUT2D eigenvalue weighted by molar-refractivity contribution is 6.06. The Morgan fingerprint density at radius 2 is 1.74 bits per heavy atom. The van der Waals surface area contributed by atoms with Crippen molar-refractivity contribution in [3.05, 3.63) is 59.7 Å². The van der Waals surface area contributed by atoms with Crippen molar-refractivity contribution < 1.29 is 0 Å². The van der Waals surface area contributed by atoms with Crippen LogP contribution in [0.2, 0.25) is 0 Å². The first-order chi connectivity index (χ1) is 13.1. The van der Waals surface area contributed by atoms with Gasteiger partial charge >= 0.3 is 0 Å². The van der Waals surface area contributed by atoms with Gasteiger partial charge < -0.3 is 16.0 Å². The van der Waals surface area contributed by atoms with Crippen molar-refractivity contribution in [3.63, 3.8) is 0 Å². The van der Waals surface area contributed by atoms with Gasteiger partial charge in [0.1, 0.15) is 0 Å². The number of hydrogen-bond acceptors (Lipinski definition) is 6. The standard InChI is InChI=1S/C21H26N6/c1-15-10-11-17(14-16(15)2)23-20-24-19(22)25-21(26-12-6-7-13-26)27(20)18-8-4-3-5-9-18/h3-5,8-11,14,20,23H,6-7,12-13H2,1-2H3,(H2,22,24). The van der Waals surface area contributed by atoms with Crippen LogP contribution >= 0.6 is 0 Å². The monoisotopic (exact) mass is 362 g/mol. The van der Waals surface area contributed by atoms with E-state index >= 15 is 0 Å². The van der Waals surface area contributed by atoms with Crippen LogP contribution in [0.15, 0.2) is 58.5 Å². The summed E-state index contributed by atoms with van der Waals surface area (Å²) >= 11 is 0. The minimum absolute atomic E-state index is 0.311. The number of hydrogen-bond donors (Lipinski definition) is 2. The molecule has 2 aliphatic rings. The van der Waals surface area contributed by atoms with Crippen LogP contribution in [0.25, 0.3) is 0 Å². The second-order valence-corrected chi connectivity index (χ2v) is 7.12. The number of aryl methyl sites for hydroxylation is 2. The Morgan fingerprint density at radius 1 is 1.00 bits per heavy atom. The average Bonchev–Trinajstić information content (AvgIpc) is 3.20. The third kappa shape index (κ3) is 3.60. The van der Waals surface area contributed by atoms with E-state index < -0.39 is 0 Å². The first-order valence-corrected chi connectivity index (χ1v) is 9.47. The summed E-state index contributed by atoms with van der Waals surface area (Å²) in [5.41, 5.74) is 10.7. The molecule has 140 valence electrons. The normalized spacial score (nSPS) is 19.7. The van der Waals surface area contributed by atoms with Crippen molar-refractivity contribution >= 4 is 23.3 Å². The van der Waals surface area contributed by atoms with E-state index in [0.717, 1.165) is 30.4 Å². The van der Waals surface area contributed by atoms with Crippen molar-refractivity contribution in [2.24, 2.45) is 15.7 Å². The molecule has 1 atom stereocenters. The summed E-state index contributed by atoms with van der Waals surface area (Å²) in [7, 11) is 0. The zero-order chi connectivity index (χ0) is 18.8. The van der Waals surface area contributed by atoms with Crippen LogP contribution in [0.5, 0.6) is 0 Å². The van der Waals surface area contributed by atoms with Crippen molar-refractivity contribution in [2.75, 3.05) is 23.3 Å². The van der Waals surface area contributed by atoms with Gasteiger partial charge in [0.05, 0.1) is 0 Å². The van der Waals surface area contributed by atoms with E-state index in [0.29, 0.717) is 5.96 Å². The molecule has 6 nitrogen and oxygen atoms in total. The van der Waals surface area contributed by atoms with Crippen LogP contribution in [-0.4, -0.2) is 36.2 Å². The molecule has 2 heterocycles. The van der Waals surface area contributed by atoms with Crippen LogP contribution in [0, 0.1) is 13.8 Å². The van der Waals surface area contributed by atoms with E-state index in [-0.39, 0.29) is 6.29 Å². The molecule has 6 heteroatoms. The molecule has 0 saturated carbocycles. The summed E-state index contributed by atoms with van der Waals surface area (Å²) in [5, 5.41) is 3.53. The summed E-state index contributed by atoms with van der Waals surface area (Å²) in [6, 6.07) is 16.6. The van der Waals surface area contributed by atoms with E-state index in [1.54, 1.807) is 0 Å². The topological polar surface area (TPSA) is 69.2 Å². The Labute approximate surface area is 160 Å². The van der Waals surface area contributed by atoms with Gasteiger partial charge in [-0.25, -0.2) is 4.99 Å². The van der Waals surface area contributed by atoms with Crippen LogP contribution in [0.4, 0.5) is 11.4 Å². The van der Waals surface area contributed by atoms with E-state index in [2.05, 4.69) is 69.3 Å². The molecule has 2 aromatic rings. The van der Waals surface area contributed by atoms with Gasteiger partial charge in [-0.05, 0) is 62.1 Å². The third-order valence-corrected chi connectivity index (χ3v) is 5.16. The molecule has 0 amide bonds. The number of nitrogens with one attached hydrogen (secondary N) is 1. The number of guanidine groups is 2. The Hall–Kier alpha value is -3.02. The Kier molecular flexibility index (Phi) is 4.71. The van der Waals surface area contributed by atoms with Gasteiger partial charge in [-0.1, -0.05) is 24.3 Å². The lowest BCUT2D eigenvalue weighted by Gasteiger charge is -2.38. The Bertz CT molecular complexity index is 867. The van der Waals surface area contributed by atoms with Crippen molar-refractivity contribution in [1.29, 1.82) is 0 Å². The minimum atomic E-state index is -0.345. The van der Waals surface area contributed by atoms with Gasteiger partial charge in [-0.2, -0.15) is 4.99 Å². The SMILES string of the molecule is Cc1ccc(NC2N=C(N)N=C(N3CCCC3)N2c2ccccc2)cc1C. The van der Waals surface area contributed by atoms with Gasteiger partial charge in [0.25, 0.3) is 0 Å². The van der Waals surface area contributed by atoms with Gasteiger partial charge in [0.2, 0.25) is 18.2 Å². The maximum absolute atomic E-state index is 6.10. The van der Waals surface area contributed by atoms with Crippen molar-refractivity contribution in [3.8, 4) is 0 Å². The molecule has 0 spiro atoms. The lowest BCUT2D eigenvalue weighted by atomic mass is 10.1. The van der Waals surface area contributed by atoms with E-state index in [1.165, 1.54) is 24.0 Å². The molecule has 3 N–H and O–H groups in total. The van der Waals surface area contributed by atoms with Crippen LogP contribution < -0.4 is 16.0 Å². The second kappa shape index (κ2) is 7.31. The first kappa shape index (κ1) is 17.4. The average molecular weight is 362 g/mol. The smallest absolute Gasteiger partial charge is 0.222 e. The number of anilines is 2. The van der Waals surface area contributed by atoms with Gasteiger partial charge in [-0.3, -0.25) is 4.90 Å². The predicted molar refractivity (Wildman–Crippen MR) is 112 cm³/mol. The summed E-state index contributed by atoms with van der Waals surface area (Å²) in [5.74, 6) is 1.18. The zero-order valence-corrected chi connectivity index (χ0v) is 15.9. The van der Waals surface area contributed by atoms with Gasteiger partial charge in [0.15, 0.2) is 0 Å². The molecule has 1 unspecified atom stereocenters. The van der Waals surface area contributed by atoms with Crippen molar-refractivity contribution in [2.45, 2.75) is 33.0 Å². The molecular weight excluding hydrogens is 336 g/mol. The van der Waals surface area contributed by atoms with Gasteiger partial charge in [0, 0.05) is 24.5 Å². The molecule has 0 bridgehead atoms. The highest BCUT2D eigenvalue weighted by Gasteiger charge is 2.32. The lowest BCUT2D eigenvalue weighted by molar-refractivity contribution is 0.497. The highest BCUT2D eigenvalue weighted by atomic mass is 15.5. The van der Waals surface area contributed by atoms with E-state index in [1.807, 2.05) is 18.2 Å². The second-order valence-electron chi connectivity index (χ2n) is 7.12. The molecule has 1 fully saturated rings. The Balaban J connectivity index is 1.71. The van der Waals surface area contributed by atoms with Crippen molar-refractivity contribution in [1.82, 2.24) is 4.90 Å². The zero-order valence-electron chi connectivity index (χ0n) is 15.9. The lowest BCUT2D eigenvalue weighted by Crippen LogP contribution is -2.54. The third-order valence-electron chi connectivity index (χ3n) is 5.16. The summed E-state index contributed by atoms with van der Waals surface area (Å²) in [6.07, 6.45) is 2.00. The fourth-order valence-corrected chi connectivity index (χ4v) is 3.54. The first-order valence-electron chi connectivity index (χ1n) is 9.47. The quantitative estimate of drug-likeness (QED) is 0.879. The fraction of sp³-hybridized carbons (Fsp3) is 0.333. The summed E-state index contributed by atoms with van der Waals surface area (Å²) < 4.78 is 0. The maximum atomic E-state index is 6.10. The van der Waals surface area contributed by atoms with E-state index in [9.17, 15) is 0 Å². The number of likely N-dealkylation sites (tertiary alicyclic amines) is 1. The molecule has 1 saturated heterocycles. The van der Waals surface area contributed by atoms with Gasteiger partial charge in [-0.15, -0.1) is 0 Å². The molecule has 4 rings (SSSR count). The molecule has 0 radical (unpaired) electrons. The summed E-state index contributed by atoms with van der Waals surface area (Å²) in [4.78, 5) is 13.6. The Morgan fingerprint density at radius 3 is 2.44 bits per heavy atom. The largest absolute Gasteiger partial charge is 0.368 e. The number of para-hydroxylation sites is 1.